The van der Waals surface area contributed by atoms with Crippen molar-refractivity contribution in [3.8, 4) is 5.75 Å². The van der Waals surface area contributed by atoms with Gasteiger partial charge in [-0.3, -0.25) is 4.79 Å². The number of aldehydes is 1. The first-order valence-electron chi connectivity index (χ1n) is 9.07. The summed E-state index contributed by atoms with van der Waals surface area (Å²) in [5.41, 5.74) is 1.56. The Hall–Kier alpha value is -2.90. The van der Waals surface area contributed by atoms with Crippen LogP contribution in [0.4, 0.5) is 4.79 Å². The van der Waals surface area contributed by atoms with Crippen LogP contribution in [0.1, 0.15) is 40.9 Å². The monoisotopic (exact) mass is 387 g/mol. The van der Waals surface area contributed by atoms with E-state index in [1.807, 2.05) is 30.3 Å². The summed E-state index contributed by atoms with van der Waals surface area (Å²) in [7, 11) is 0. The number of hydrogen-bond donors (Lipinski definition) is 3. The minimum absolute atomic E-state index is 0.116. The van der Waals surface area contributed by atoms with Gasteiger partial charge >= 0.3 is 6.09 Å². The molecule has 0 aromatic heterocycles. The zero-order chi connectivity index (χ0) is 20.4. The van der Waals surface area contributed by atoms with Crippen LogP contribution in [0.3, 0.4) is 0 Å². The Balaban J connectivity index is 1.79. The maximum Gasteiger partial charge on any atom is 0.407 e. The molecule has 28 heavy (non-hydrogen) atoms. The normalized spacial score (nSPS) is 12.7. The van der Waals surface area contributed by atoms with Gasteiger partial charge in [-0.2, -0.15) is 0 Å². The fraction of sp³-hybridized carbons (Fsp3) is 0.333. The number of aliphatic hydroxyl groups is 2. The molecule has 2 aromatic rings. The minimum atomic E-state index is -1.20. The Labute approximate surface area is 163 Å². The van der Waals surface area contributed by atoms with Crippen molar-refractivity contribution in [1.82, 2.24) is 5.32 Å². The molecule has 150 valence electrons. The van der Waals surface area contributed by atoms with Crippen LogP contribution >= 0.6 is 0 Å². The molecule has 0 aliphatic carbocycles. The molecule has 0 fully saturated rings. The molecule has 1 amide bonds. The van der Waals surface area contributed by atoms with Crippen LogP contribution in [0.25, 0.3) is 0 Å². The van der Waals surface area contributed by atoms with Gasteiger partial charge in [-0.05, 0) is 36.6 Å². The number of ether oxygens (including phenoxy) is 2. The number of rotatable bonds is 10. The number of amides is 1. The molecule has 0 bridgehead atoms. The Morgan fingerprint density at radius 2 is 1.93 bits per heavy atom. The molecule has 0 saturated carbocycles. The van der Waals surface area contributed by atoms with Crippen molar-refractivity contribution in [3.05, 3.63) is 65.2 Å². The lowest BCUT2D eigenvalue weighted by atomic mass is 10.00. The van der Waals surface area contributed by atoms with Crippen LogP contribution in [0.5, 0.6) is 5.75 Å². The average Bonchev–Trinajstić information content (AvgIpc) is 2.73. The second-order valence-electron chi connectivity index (χ2n) is 6.14. The number of alkyl carbamates (subject to hydrolysis) is 1. The maximum atomic E-state index is 11.7. The molecule has 2 atom stereocenters. The molecule has 2 rings (SSSR count). The van der Waals surface area contributed by atoms with Crippen LogP contribution in [0.15, 0.2) is 48.5 Å². The molecule has 0 aliphatic rings. The van der Waals surface area contributed by atoms with Gasteiger partial charge in [-0.1, -0.05) is 36.4 Å². The lowest BCUT2D eigenvalue weighted by Gasteiger charge is -2.19. The van der Waals surface area contributed by atoms with E-state index in [0.717, 1.165) is 5.56 Å². The molecule has 3 N–H and O–H groups in total. The quantitative estimate of drug-likeness (QED) is 0.541. The number of benzene rings is 2. The highest BCUT2D eigenvalue weighted by Crippen LogP contribution is 2.25. The fourth-order valence-electron chi connectivity index (χ4n) is 2.61. The van der Waals surface area contributed by atoms with Gasteiger partial charge in [0.05, 0.1) is 18.3 Å². The first kappa shape index (κ1) is 21.4. The number of carbonyl (C=O) groups is 2. The summed E-state index contributed by atoms with van der Waals surface area (Å²) in [6, 6.07) is 13.9. The molecule has 7 nitrogen and oxygen atoms in total. The lowest BCUT2D eigenvalue weighted by Crippen LogP contribution is -2.29. The third-order valence-electron chi connectivity index (χ3n) is 4.09. The van der Waals surface area contributed by atoms with Crippen molar-refractivity contribution in [3.63, 3.8) is 0 Å². The van der Waals surface area contributed by atoms with Crippen molar-refractivity contribution in [2.75, 3.05) is 13.2 Å². The van der Waals surface area contributed by atoms with Crippen molar-refractivity contribution in [1.29, 1.82) is 0 Å². The molecular formula is C21H25NO6. The van der Waals surface area contributed by atoms with E-state index in [-0.39, 0.29) is 19.6 Å². The van der Waals surface area contributed by atoms with Gasteiger partial charge in [0.15, 0.2) is 6.29 Å². The molecule has 2 aromatic carbocycles. The van der Waals surface area contributed by atoms with E-state index in [1.54, 1.807) is 19.1 Å². The summed E-state index contributed by atoms with van der Waals surface area (Å²) in [6.45, 7) is 2.50. The van der Waals surface area contributed by atoms with Gasteiger partial charge < -0.3 is 25.0 Å². The molecule has 7 heteroatoms. The van der Waals surface area contributed by atoms with E-state index >= 15 is 0 Å². The minimum Gasteiger partial charge on any atom is -0.493 e. The summed E-state index contributed by atoms with van der Waals surface area (Å²) in [5, 5.41) is 23.0. The molecule has 0 radical (unpaired) electrons. The summed E-state index contributed by atoms with van der Waals surface area (Å²) in [6.07, 6.45) is -2.17. The first-order chi connectivity index (χ1) is 13.5. The Bertz CT molecular complexity index is 765. The van der Waals surface area contributed by atoms with E-state index < -0.39 is 18.3 Å². The zero-order valence-electron chi connectivity index (χ0n) is 15.7. The summed E-state index contributed by atoms with van der Waals surface area (Å²) >= 11 is 0. The zero-order valence-corrected chi connectivity index (χ0v) is 15.7. The van der Waals surface area contributed by atoms with Crippen molar-refractivity contribution in [2.24, 2.45) is 0 Å². The van der Waals surface area contributed by atoms with E-state index in [9.17, 15) is 19.8 Å². The molecular weight excluding hydrogens is 362 g/mol. The SMILES string of the molecule is CCOc1ccc(C(O)C(O)CCNC(=O)OCc2ccccc2)cc1C=O. The van der Waals surface area contributed by atoms with Gasteiger partial charge in [0, 0.05) is 6.54 Å². The molecule has 0 spiro atoms. The maximum absolute atomic E-state index is 11.7. The van der Waals surface area contributed by atoms with Gasteiger partial charge in [0.2, 0.25) is 0 Å². The predicted octanol–water partition coefficient (Wildman–Crippen LogP) is 2.61. The standard InChI is InChI=1S/C21H25NO6/c1-2-27-19-9-8-16(12-17(19)13-23)20(25)18(24)10-11-22-21(26)28-14-15-6-4-3-5-7-15/h3-9,12-13,18,20,24-25H,2,10-11,14H2,1H3,(H,22,26). The molecule has 0 heterocycles. The highest BCUT2D eigenvalue weighted by Gasteiger charge is 2.20. The summed E-state index contributed by atoms with van der Waals surface area (Å²) in [4.78, 5) is 22.9. The Kier molecular flexibility index (Phi) is 8.45. The van der Waals surface area contributed by atoms with Crippen LogP contribution < -0.4 is 10.1 Å². The smallest absolute Gasteiger partial charge is 0.407 e. The number of nitrogens with one attached hydrogen (secondary N) is 1. The Morgan fingerprint density at radius 1 is 1.18 bits per heavy atom. The third-order valence-corrected chi connectivity index (χ3v) is 4.09. The van der Waals surface area contributed by atoms with Crippen LogP contribution in [-0.2, 0) is 11.3 Å². The third kappa shape index (κ3) is 6.37. The predicted molar refractivity (Wildman–Crippen MR) is 103 cm³/mol. The summed E-state index contributed by atoms with van der Waals surface area (Å²) < 4.78 is 10.4. The van der Waals surface area contributed by atoms with E-state index in [2.05, 4.69) is 5.32 Å². The molecule has 0 saturated heterocycles. The van der Waals surface area contributed by atoms with Crippen LogP contribution in [0, 0.1) is 0 Å². The molecule has 0 aliphatic heterocycles. The largest absolute Gasteiger partial charge is 0.493 e. The molecule has 2 unspecified atom stereocenters. The highest BCUT2D eigenvalue weighted by molar-refractivity contribution is 5.79. The lowest BCUT2D eigenvalue weighted by molar-refractivity contribution is 0.0136. The first-order valence-corrected chi connectivity index (χ1v) is 9.07. The van der Waals surface area contributed by atoms with Gasteiger partial charge in [0.25, 0.3) is 0 Å². The van der Waals surface area contributed by atoms with Gasteiger partial charge in [-0.15, -0.1) is 0 Å². The van der Waals surface area contributed by atoms with Crippen molar-refractivity contribution in [2.45, 2.75) is 32.2 Å². The highest BCUT2D eigenvalue weighted by atomic mass is 16.5. The van der Waals surface area contributed by atoms with Gasteiger partial charge in [-0.25, -0.2) is 4.79 Å². The topological polar surface area (TPSA) is 105 Å². The fourth-order valence-corrected chi connectivity index (χ4v) is 2.61. The van der Waals surface area contributed by atoms with Crippen molar-refractivity contribution >= 4 is 12.4 Å². The Morgan fingerprint density at radius 3 is 2.61 bits per heavy atom. The van der Waals surface area contributed by atoms with E-state index in [4.69, 9.17) is 9.47 Å². The van der Waals surface area contributed by atoms with Crippen LogP contribution in [-0.4, -0.2) is 41.8 Å². The van der Waals surface area contributed by atoms with E-state index in [1.165, 1.54) is 6.07 Å². The number of hydrogen-bond acceptors (Lipinski definition) is 6. The van der Waals surface area contributed by atoms with Crippen LogP contribution in [0.2, 0.25) is 0 Å². The van der Waals surface area contributed by atoms with E-state index in [0.29, 0.717) is 29.8 Å². The second kappa shape index (κ2) is 11.1. The summed E-state index contributed by atoms with van der Waals surface area (Å²) in [5.74, 6) is 0.422. The van der Waals surface area contributed by atoms with Gasteiger partial charge in [0.1, 0.15) is 18.5 Å². The number of carbonyl (C=O) groups excluding carboxylic acids is 2. The number of aliphatic hydroxyl groups excluding tert-OH is 2. The van der Waals surface area contributed by atoms with Crippen molar-refractivity contribution < 1.29 is 29.3 Å². The second-order valence-corrected chi connectivity index (χ2v) is 6.14. The average molecular weight is 387 g/mol.